The quantitative estimate of drug-likeness (QED) is 0.376. The van der Waals surface area contributed by atoms with E-state index < -0.39 is 0 Å². The Bertz CT molecular complexity index is 548. The monoisotopic (exact) mass is 350 g/mol. The molecule has 20 heavy (non-hydrogen) atoms. The van der Waals surface area contributed by atoms with Gasteiger partial charge in [-0.3, -0.25) is 0 Å². The van der Waals surface area contributed by atoms with Crippen molar-refractivity contribution in [1.82, 2.24) is 0 Å². The standard InChI is InChI=1S/C14H10Cl4O2/c15-11-3-1-9(13(17)5-11)7-19-20-8-10-2-4-12(16)6-14(10)18/h1-6H,7-8H2. The van der Waals surface area contributed by atoms with Gasteiger partial charge in [-0.15, -0.1) is 0 Å². The Morgan fingerprint density at radius 3 is 1.40 bits per heavy atom. The lowest BCUT2D eigenvalue weighted by Gasteiger charge is -2.07. The van der Waals surface area contributed by atoms with Crippen LogP contribution in [0.3, 0.4) is 0 Å². The summed E-state index contributed by atoms with van der Waals surface area (Å²) in [6.45, 7) is 0.447. The molecule has 0 aliphatic carbocycles. The van der Waals surface area contributed by atoms with Gasteiger partial charge in [-0.25, -0.2) is 9.78 Å². The van der Waals surface area contributed by atoms with Crippen LogP contribution in [-0.2, 0) is 23.0 Å². The average molecular weight is 352 g/mol. The van der Waals surface area contributed by atoms with Crippen molar-refractivity contribution in [3.05, 3.63) is 67.6 Å². The van der Waals surface area contributed by atoms with E-state index in [1.807, 2.05) is 0 Å². The predicted molar refractivity (Wildman–Crippen MR) is 82.5 cm³/mol. The number of halogens is 4. The first-order valence-corrected chi connectivity index (χ1v) is 7.19. The summed E-state index contributed by atoms with van der Waals surface area (Å²) in [5.74, 6) is 0. The van der Waals surface area contributed by atoms with Gasteiger partial charge in [-0.05, 0) is 35.4 Å². The Hall–Kier alpha value is -0.480. The molecule has 106 valence electrons. The maximum atomic E-state index is 6.01. The second-order valence-electron chi connectivity index (χ2n) is 4.00. The highest BCUT2D eigenvalue weighted by Crippen LogP contribution is 2.23. The summed E-state index contributed by atoms with van der Waals surface area (Å²) in [7, 11) is 0. The molecular formula is C14H10Cl4O2. The fraction of sp³-hybridized carbons (Fsp3) is 0.143. The number of hydrogen-bond donors (Lipinski definition) is 0. The van der Waals surface area contributed by atoms with Gasteiger partial charge in [0.25, 0.3) is 0 Å². The summed E-state index contributed by atoms with van der Waals surface area (Å²) in [6.07, 6.45) is 0. The van der Waals surface area contributed by atoms with Gasteiger partial charge in [0.1, 0.15) is 13.2 Å². The molecule has 0 atom stereocenters. The van der Waals surface area contributed by atoms with Crippen molar-refractivity contribution in [1.29, 1.82) is 0 Å². The van der Waals surface area contributed by atoms with Gasteiger partial charge in [0, 0.05) is 20.1 Å². The lowest BCUT2D eigenvalue weighted by Crippen LogP contribution is -1.97. The van der Waals surface area contributed by atoms with Gasteiger partial charge in [-0.2, -0.15) is 0 Å². The van der Waals surface area contributed by atoms with E-state index in [9.17, 15) is 0 Å². The highest BCUT2D eigenvalue weighted by molar-refractivity contribution is 6.35. The third-order valence-electron chi connectivity index (χ3n) is 2.54. The summed E-state index contributed by atoms with van der Waals surface area (Å²) in [5.41, 5.74) is 1.58. The van der Waals surface area contributed by atoms with Crippen LogP contribution >= 0.6 is 46.4 Å². The summed E-state index contributed by atoms with van der Waals surface area (Å²) in [6, 6.07) is 10.3. The van der Waals surface area contributed by atoms with Gasteiger partial charge >= 0.3 is 0 Å². The van der Waals surface area contributed by atoms with Gasteiger partial charge in [0.2, 0.25) is 0 Å². The minimum Gasteiger partial charge on any atom is -0.232 e. The zero-order chi connectivity index (χ0) is 14.5. The molecule has 2 nitrogen and oxygen atoms in total. The first-order valence-electron chi connectivity index (χ1n) is 5.68. The molecule has 0 bridgehead atoms. The van der Waals surface area contributed by atoms with Crippen molar-refractivity contribution in [3.8, 4) is 0 Å². The predicted octanol–water partition coefficient (Wildman–Crippen LogP) is 5.95. The molecule has 6 heteroatoms. The number of rotatable bonds is 5. The number of benzene rings is 2. The van der Waals surface area contributed by atoms with Crippen molar-refractivity contribution in [2.24, 2.45) is 0 Å². The number of hydrogen-bond acceptors (Lipinski definition) is 2. The molecule has 0 fully saturated rings. The fourth-order valence-corrected chi connectivity index (χ4v) is 2.41. The minimum absolute atomic E-state index is 0.223. The molecule has 0 unspecified atom stereocenters. The maximum absolute atomic E-state index is 6.01. The van der Waals surface area contributed by atoms with E-state index in [0.29, 0.717) is 20.1 Å². The Morgan fingerprint density at radius 1 is 0.650 bits per heavy atom. The molecular weight excluding hydrogens is 342 g/mol. The Balaban J connectivity index is 1.84. The largest absolute Gasteiger partial charge is 0.232 e. The summed E-state index contributed by atoms with van der Waals surface area (Å²) < 4.78 is 0. The molecule has 0 saturated carbocycles. The second-order valence-corrected chi connectivity index (χ2v) is 5.68. The molecule has 0 aliphatic heterocycles. The summed E-state index contributed by atoms with van der Waals surface area (Å²) >= 11 is 23.6. The van der Waals surface area contributed by atoms with E-state index >= 15 is 0 Å². The van der Waals surface area contributed by atoms with E-state index in [2.05, 4.69) is 0 Å². The topological polar surface area (TPSA) is 18.5 Å². The van der Waals surface area contributed by atoms with Crippen LogP contribution < -0.4 is 0 Å². The fourth-order valence-electron chi connectivity index (χ4n) is 1.49. The third kappa shape index (κ3) is 4.52. The van der Waals surface area contributed by atoms with Crippen LogP contribution in [-0.4, -0.2) is 0 Å². The first kappa shape index (κ1) is 15.9. The molecule has 0 aliphatic rings. The van der Waals surface area contributed by atoms with Crippen LogP contribution in [0.5, 0.6) is 0 Å². The molecule has 0 saturated heterocycles. The molecule has 0 aromatic heterocycles. The Labute approximate surface area is 137 Å². The van der Waals surface area contributed by atoms with E-state index in [-0.39, 0.29) is 13.2 Å². The van der Waals surface area contributed by atoms with Crippen LogP contribution in [0.15, 0.2) is 36.4 Å². The normalized spacial score (nSPS) is 10.8. The van der Waals surface area contributed by atoms with E-state index in [4.69, 9.17) is 56.2 Å². The lowest BCUT2D eigenvalue weighted by atomic mass is 10.2. The first-order chi connectivity index (χ1) is 9.56. The van der Waals surface area contributed by atoms with Gasteiger partial charge in [0.15, 0.2) is 0 Å². The smallest absolute Gasteiger partial charge is 0.109 e. The SMILES string of the molecule is Clc1ccc(COOCc2ccc(Cl)cc2Cl)c(Cl)c1. The van der Waals surface area contributed by atoms with E-state index in [1.54, 1.807) is 36.4 Å². The summed E-state index contributed by atoms with van der Waals surface area (Å²) in [4.78, 5) is 10.2. The molecule has 0 radical (unpaired) electrons. The van der Waals surface area contributed by atoms with Crippen molar-refractivity contribution >= 4 is 46.4 Å². The zero-order valence-corrected chi connectivity index (χ0v) is 13.2. The van der Waals surface area contributed by atoms with Crippen molar-refractivity contribution in [3.63, 3.8) is 0 Å². The van der Waals surface area contributed by atoms with Crippen LogP contribution in [0, 0.1) is 0 Å². The van der Waals surface area contributed by atoms with Crippen molar-refractivity contribution in [2.75, 3.05) is 0 Å². The van der Waals surface area contributed by atoms with Gasteiger partial charge < -0.3 is 0 Å². The van der Waals surface area contributed by atoms with Gasteiger partial charge in [-0.1, -0.05) is 58.5 Å². The second kappa shape index (κ2) is 7.51. The molecule has 2 rings (SSSR count). The molecule has 0 heterocycles. The van der Waals surface area contributed by atoms with E-state index in [0.717, 1.165) is 11.1 Å². The van der Waals surface area contributed by atoms with Crippen LogP contribution in [0.4, 0.5) is 0 Å². The molecule has 0 spiro atoms. The van der Waals surface area contributed by atoms with Crippen molar-refractivity contribution < 1.29 is 9.78 Å². The van der Waals surface area contributed by atoms with Crippen molar-refractivity contribution in [2.45, 2.75) is 13.2 Å². The molecule has 2 aromatic rings. The van der Waals surface area contributed by atoms with E-state index in [1.165, 1.54) is 0 Å². The zero-order valence-electron chi connectivity index (χ0n) is 10.2. The molecule has 2 aromatic carbocycles. The Morgan fingerprint density at radius 2 is 1.05 bits per heavy atom. The lowest BCUT2D eigenvalue weighted by molar-refractivity contribution is -0.313. The van der Waals surface area contributed by atoms with Gasteiger partial charge in [0.05, 0.1) is 0 Å². The van der Waals surface area contributed by atoms with Crippen LogP contribution in [0.1, 0.15) is 11.1 Å². The average Bonchev–Trinajstić information content (AvgIpc) is 2.39. The third-order valence-corrected chi connectivity index (χ3v) is 3.72. The highest BCUT2D eigenvalue weighted by atomic mass is 35.5. The summed E-state index contributed by atoms with van der Waals surface area (Å²) in [5, 5.41) is 2.22. The van der Waals surface area contributed by atoms with Crippen LogP contribution in [0.25, 0.3) is 0 Å². The molecule has 0 amide bonds. The highest BCUT2D eigenvalue weighted by Gasteiger charge is 2.04. The maximum Gasteiger partial charge on any atom is 0.109 e. The minimum atomic E-state index is 0.223. The Kier molecular flexibility index (Phi) is 5.97. The van der Waals surface area contributed by atoms with Crippen LogP contribution in [0.2, 0.25) is 20.1 Å². The molecule has 0 N–H and O–H groups in total.